The third-order valence-corrected chi connectivity index (χ3v) is 10.7. The number of fused-ring (bicyclic) bond motifs is 2. The third kappa shape index (κ3) is 4.64. The quantitative estimate of drug-likeness (QED) is 0.568. The van der Waals surface area contributed by atoms with Crippen molar-refractivity contribution < 1.29 is 18.0 Å². The van der Waals surface area contributed by atoms with Crippen LogP contribution in [0.25, 0.3) is 10.1 Å². The molecule has 1 aromatic heterocycles. The predicted octanol–water partition coefficient (Wildman–Crippen LogP) is 3.50. The van der Waals surface area contributed by atoms with E-state index in [1.165, 1.54) is 4.90 Å². The van der Waals surface area contributed by atoms with Crippen molar-refractivity contribution in [2.24, 2.45) is 22.7 Å². The van der Waals surface area contributed by atoms with E-state index < -0.39 is 39.5 Å². The van der Waals surface area contributed by atoms with E-state index in [1.807, 2.05) is 52.0 Å². The lowest BCUT2D eigenvalue weighted by atomic mass is 9.86. The number of sulfonamides is 1. The number of rotatable bonds is 7. The molecule has 2 fully saturated rings. The Kier molecular flexibility index (Phi) is 6.73. The fourth-order valence-corrected chi connectivity index (χ4v) is 8.17. The summed E-state index contributed by atoms with van der Waals surface area (Å²) in [5.74, 6) is -0.646. The summed E-state index contributed by atoms with van der Waals surface area (Å²) in [5, 5.41) is 12.9. The Morgan fingerprint density at radius 3 is 2.53 bits per heavy atom. The Balaban J connectivity index is 1.63. The van der Waals surface area contributed by atoms with E-state index in [1.54, 1.807) is 6.07 Å². The van der Waals surface area contributed by atoms with Crippen LogP contribution in [0.5, 0.6) is 0 Å². The van der Waals surface area contributed by atoms with Gasteiger partial charge < -0.3 is 10.2 Å². The summed E-state index contributed by atoms with van der Waals surface area (Å²) in [5.41, 5.74) is -0.844. The van der Waals surface area contributed by atoms with Gasteiger partial charge in [0.15, 0.2) is 0 Å². The molecule has 2 aromatic rings. The van der Waals surface area contributed by atoms with Gasteiger partial charge in [-0.15, -0.1) is 11.3 Å². The SMILES string of the molecule is CC[C@@H](C#N)NC(=O)[C@@H]1[C@@H]2[C@H](CN1C(=O)[C@@H](NS(=O)(=O)c1cc3ccccc3s1)C(C)(C)C)C2(C)C. The molecule has 1 aliphatic heterocycles. The Morgan fingerprint density at radius 1 is 1.28 bits per heavy atom. The average molecular weight is 531 g/mol. The van der Waals surface area contributed by atoms with Crippen molar-refractivity contribution in [3.8, 4) is 6.07 Å². The summed E-state index contributed by atoms with van der Waals surface area (Å²) in [6, 6.07) is 8.66. The number of piperidine rings is 1. The van der Waals surface area contributed by atoms with Gasteiger partial charge in [-0.25, -0.2) is 8.42 Å². The molecule has 1 saturated heterocycles. The zero-order valence-corrected chi connectivity index (χ0v) is 23.2. The minimum atomic E-state index is -3.99. The van der Waals surface area contributed by atoms with Crippen LogP contribution in [-0.2, 0) is 19.6 Å². The monoisotopic (exact) mass is 530 g/mol. The highest BCUT2D eigenvalue weighted by Gasteiger charge is 2.69. The maximum Gasteiger partial charge on any atom is 0.250 e. The number of nitriles is 1. The highest BCUT2D eigenvalue weighted by molar-refractivity contribution is 7.91. The Morgan fingerprint density at radius 2 is 1.94 bits per heavy atom. The number of carbonyl (C=O) groups is 2. The maximum atomic E-state index is 13.9. The molecule has 36 heavy (non-hydrogen) atoms. The zero-order valence-electron chi connectivity index (χ0n) is 21.5. The van der Waals surface area contributed by atoms with E-state index in [0.717, 1.165) is 21.4 Å². The van der Waals surface area contributed by atoms with Crippen molar-refractivity contribution in [3.63, 3.8) is 0 Å². The number of nitrogens with one attached hydrogen (secondary N) is 2. The zero-order chi connectivity index (χ0) is 26.6. The van der Waals surface area contributed by atoms with E-state index >= 15 is 0 Å². The number of hydrogen-bond acceptors (Lipinski definition) is 6. The number of thiophene rings is 1. The molecule has 0 bridgehead atoms. The minimum Gasteiger partial charge on any atom is -0.339 e. The van der Waals surface area contributed by atoms with Crippen LogP contribution in [0.4, 0.5) is 0 Å². The van der Waals surface area contributed by atoms with E-state index in [2.05, 4.69) is 30.0 Å². The largest absolute Gasteiger partial charge is 0.339 e. The van der Waals surface area contributed by atoms with Crippen molar-refractivity contribution >= 4 is 43.3 Å². The molecule has 0 unspecified atom stereocenters. The lowest BCUT2D eigenvalue weighted by Gasteiger charge is -2.37. The Hall–Kier alpha value is -2.48. The molecule has 4 rings (SSSR count). The van der Waals surface area contributed by atoms with Crippen molar-refractivity contribution in [2.75, 3.05) is 6.54 Å². The second kappa shape index (κ2) is 9.12. The van der Waals surface area contributed by atoms with Crippen LogP contribution in [0.15, 0.2) is 34.5 Å². The highest BCUT2D eigenvalue weighted by Crippen LogP contribution is 2.65. The summed E-state index contributed by atoms with van der Waals surface area (Å²) < 4.78 is 30.5. The van der Waals surface area contributed by atoms with Gasteiger partial charge in [-0.2, -0.15) is 9.98 Å². The van der Waals surface area contributed by atoms with Crippen molar-refractivity contribution in [1.29, 1.82) is 5.26 Å². The molecule has 1 aliphatic carbocycles. The fourth-order valence-electron chi connectivity index (χ4n) is 5.36. The molecule has 0 spiro atoms. The molecular formula is C26H34N4O4S2. The smallest absolute Gasteiger partial charge is 0.250 e. The summed E-state index contributed by atoms with van der Waals surface area (Å²) in [7, 11) is -3.99. The standard InChI is InChI=1S/C26H34N4O4S2/c1-7-16(13-27)28-23(31)21-20-17(26(20,5)6)14-30(21)24(32)22(25(2,3)4)29-36(33,34)19-12-15-10-8-9-11-18(15)35-19/h8-12,16-17,20-22,29H,7,14H2,1-6H3,(H,28,31)/t16-,17-,20-,21-,22+/m0/s1. The first-order valence-electron chi connectivity index (χ1n) is 12.2. The first-order chi connectivity index (χ1) is 16.7. The number of hydrogen-bond donors (Lipinski definition) is 2. The van der Waals surface area contributed by atoms with Crippen LogP contribution >= 0.6 is 11.3 Å². The van der Waals surface area contributed by atoms with Crippen LogP contribution in [0, 0.1) is 34.0 Å². The van der Waals surface area contributed by atoms with E-state index in [-0.39, 0.29) is 27.4 Å². The number of benzene rings is 1. The summed E-state index contributed by atoms with van der Waals surface area (Å²) in [6.45, 7) is 11.8. The topological polar surface area (TPSA) is 119 Å². The number of amides is 2. The van der Waals surface area contributed by atoms with Crippen molar-refractivity contribution in [3.05, 3.63) is 30.3 Å². The molecule has 1 aromatic carbocycles. The summed E-state index contributed by atoms with van der Waals surface area (Å²) in [4.78, 5) is 28.8. The van der Waals surface area contributed by atoms with Crippen molar-refractivity contribution in [2.45, 2.75) is 70.3 Å². The van der Waals surface area contributed by atoms with Crippen LogP contribution in [0.1, 0.15) is 48.0 Å². The van der Waals surface area contributed by atoms with E-state index in [4.69, 9.17) is 0 Å². The molecule has 0 radical (unpaired) electrons. The lowest BCUT2D eigenvalue weighted by molar-refractivity contribution is -0.143. The maximum absolute atomic E-state index is 13.9. The first kappa shape index (κ1) is 26.6. The molecule has 2 aliphatic rings. The Labute approximate surface area is 217 Å². The van der Waals surface area contributed by atoms with Crippen LogP contribution in [0.3, 0.4) is 0 Å². The van der Waals surface area contributed by atoms with Gasteiger partial charge in [0.25, 0.3) is 10.0 Å². The number of nitrogens with zero attached hydrogens (tertiary/aromatic N) is 2. The van der Waals surface area contributed by atoms with Crippen LogP contribution in [-0.4, -0.2) is 49.8 Å². The Bertz CT molecular complexity index is 1300. The van der Waals surface area contributed by atoms with Gasteiger partial charge in [-0.05, 0) is 46.6 Å². The highest BCUT2D eigenvalue weighted by atomic mass is 32.2. The lowest BCUT2D eigenvalue weighted by Crippen LogP contribution is -2.59. The van der Waals surface area contributed by atoms with Crippen LogP contribution in [0.2, 0.25) is 0 Å². The molecule has 194 valence electrons. The average Bonchev–Trinajstić information content (AvgIpc) is 3.21. The van der Waals surface area contributed by atoms with Gasteiger partial charge in [0.1, 0.15) is 22.3 Å². The third-order valence-electron chi connectivity index (χ3n) is 7.69. The van der Waals surface area contributed by atoms with Gasteiger partial charge in [0.05, 0.1) is 6.07 Å². The molecule has 1 saturated carbocycles. The van der Waals surface area contributed by atoms with Gasteiger partial charge in [0, 0.05) is 11.2 Å². The second-order valence-corrected chi connectivity index (χ2v) is 14.5. The number of carbonyl (C=O) groups excluding carboxylic acids is 2. The van der Waals surface area contributed by atoms with Crippen LogP contribution < -0.4 is 10.0 Å². The molecule has 8 nitrogen and oxygen atoms in total. The molecular weight excluding hydrogens is 496 g/mol. The summed E-state index contributed by atoms with van der Waals surface area (Å²) in [6.07, 6.45) is 0.458. The summed E-state index contributed by atoms with van der Waals surface area (Å²) >= 11 is 1.16. The van der Waals surface area contributed by atoms with Gasteiger partial charge >= 0.3 is 0 Å². The molecule has 10 heteroatoms. The van der Waals surface area contributed by atoms with Gasteiger partial charge in [-0.1, -0.05) is 59.7 Å². The second-order valence-electron chi connectivity index (χ2n) is 11.5. The fraction of sp³-hybridized carbons (Fsp3) is 0.577. The molecule has 5 atom stereocenters. The van der Waals surface area contributed by atoms with Gasteiger partial charge in [0.2, 0.25) is 11.8 Å². The van der Waals surface area contributed by atoms with Crippen molar-refractivity contribution in [1.82, 2.24) is 14.9 Å². The van der Waals surface area contributed by atoms with E-state index in [9.17, 15) is 23.3 Å². The molecule has 2 heterocycles. The predicted molar refractivity (Wildman–Crippen MR) is 139 cm³/mol. The normalized spacial score (nSPS) is 24.6. The molecule has 2 N–H and O–H groups in total. The number of likely N-dealkylation sites (tertiary alicyclic amines) is 1. The molecule has 2 amide bonds. The first-order valence-corrected chi connectivity index (χ1v) is 14.5. The van der Waals surface area contributed by atoms with Gasteiger partial charge in [-0.3, -0.25) is 9.59 Å². The minimum absolute atomic E-state index is 0.0301. The van der Waals surface area contributed by atoms with E-state index in [0.29, 0.717) is 13.0 Å².